The fourth-order valence-electron chi connectivity index (χ4n) is 1.25. The van der Waals surface area contributed by atoms with Crippen molar-refractivity contribution in [3.63, 3.8) is 0 Å². The van der Waals surface area contributed by atoms with Crippen LogP contribution in [0.4, 0.5) is 4.39 Å². The summed E-state index contributed by atoms with van der Waals surface area (Å²) < 4.78 is 23.1. The second-order valence-electron chi connectivity index (χ2n) is 3.02. The number of carbonyl (C=O) groups is 1. The molecular formula is C11H13FO3. The predicted molar refractivity (Wildman–Crippen MR) is 53.6 cm³/mol. The van der Waals surface area contributed by atoms with Crippen LogP contribution in [0.15, 0.2) is 12.1 Å². The molecule has 0 saturated heterocycles. The Labute approximate surface area is 87.8 Å². The molecule has 1 aromatic rings. The molecule has 0 heterocycles. The van der Waals surface area contributed by atoms with E-state index in [1.54, 1.807) is 13.8 Å². The highest BCUT2D eigenvalue weighted by molar-refractivity contribution is 5.90. The second-order valence-corrected chi connectivity index (χ2v) is 3.02. The van der Waals surface area contributed by atoms with Crippen molar-refractivity contribution in [1.82, 2.24) is 0 Å². The predicted octanol–water partition coefficient (Wildman–Crippen LogP) is 2.32. The molecule has 0 aliphatic rings. The fourth-order valence-corrected chi connectivity index (χ4v) is 1.25. The third-order valence-electron chi connectivity index (χ3n) is 1.98. The van der Waals surface area contributed by atoms with Crippen molar-refractivity contribution in [2.24, 2.45) is 0 Å². The van der Waals surface area contributed by atoms with Crippen molar-refractivity contribution < 1.29 is 18.7 Å². The maximum absolute atomic E-state index is 13.4. The minimum absolute atomic E-state index is 0.0600. The van der Waals surface area contributed by atoms with E-state index in [0.29, 0.717) is 11.3 Å². The van der Waals surface area contributed by atoms with Crippen LogP contribution in [0.2, 0.25) is 0 Å². The van der Waals surface area contributed by atoms with E-state index >= 15 is 0 Å². The molecule has 15 heavy (non-hydrogen) atoms. The van der Waals surface area contributed by atoms with Gasteiger partial charge in [-0.3, -0.25) is 0 Å². The van der Waals surface area contributed by atoms with Crippen LogP contribution in [-0.4, -0.2) is 19.7 Å². The van der Waals surface area contributed by atoms with Gasteiger partial charge in [0.1, 0.15) is 11.6 Å². The van der Waals surface area contributed by atoms with Crippen molar-refractivity contribution >= 4 is 5.97 Å². The van der Waals surface area contributed by atoms with E-state index in [1.165, 1.54) is 19.2 Å². The van der Waals surface area contributed by atoms with Crippen LogP contribution in [0.5, 0.6) is 5.75 Å². The summed E-state index contributed by atoms with van der Waals surface area (Å²) in [5, 5.41) is 0. The lowest BCUT2D eigenvalue weighted by Gasteiger charge is -2.08. The molecule has 0 spiro atoms. The lowest BCUT2D eigenvalue weighted by molar-refractivity contribution is 0.0521. The molecule has 0 bridgehead atoms. The summed E-state index contributed by atoms with van der Waals surface area (Å²) in [6.07, 6.45) is 0. The Kier molecular flexibility index (Phi) is 3.66. The van der Waals surface area contributed by atoms with E-state index in [-0.39, 0.29) is 12.2 Å². The van der Waals surface area contributed by atoms with E-state index < -0.39 is 11.8 Å². The maximum Gasteiger partial charge on any atom is 0.341 e. The average Bonchev–Trinajstić information content (AvgIpc) is 2.21. The van der Waals surface area contributed by atoms with E-state index in [2.05, 4.69) is 0 Å². The van der Waals surface area contributed by atoms with E-state index in [0.717, 1.165) is 0 Å². The zero-order chi connectivity index (χ0) is 11.4. The quantitative estimate of drug-likeness (QED) is 0.721. The number of esters is 1. The highest BCUT2D eigenvalue weighted by Gasteiger charge is 2.15. The van der Waals surface area contributed by atoms with Gasteiger partial charge in [0, 0.05) is 6.07 Å². The maximum atomic E-state index is 13.4. The van der Waals surface area contributed by atoms with Crippen LogP contribution < -0.4 is 4.74 Å². The molecule has 4 heteroatoms. The second kappa shape index (κ2) is 4.77. The minimum atomic E-state index is -0.652. The number of carbonyl (C=O) groups excluding carboxylic acids is 1. The minimum Gasteiger partial charge on any atom is -0.496 e. The number of hydrogen-bond acceptors (Lipinski definition) is 3. The van der Waals surface area contributed by atoms with Crippen LogP contribution in [0.3, 0.4) is 0 Å². The van der Waals surface area contributed by atoms with Gasteiger partial charge in [-0.2, -0.15) is 0 Å². The van der Waals surface area contributed by atoms with Gasteiger partial charge in [0.2, 0.25) is 0 Å². The summed E-state index contributed by atoms with van der Waals surface area (Å²) in [6.45, 7) is 3.64. The lowest BCUT2D eigenvalue weighted by Crippen LogP contribution is -2.08. The van der Waals surface area contributed by atoms with Crippen LogP contribution in [0, 0.1) is 12.7 Å². The number of methoxy groups -OCH3 is 1. The van der Waals surface area contributed by atoms with Crippen molar-refractivity contribution in [3.05, 3.63) is 29.1 Å². The Balaban J connectivity index is 3.10. The molecular weight excluding hydrogens is 199 g/mol. The summed E-state index contributed by atoms with van der Waals surface area (Å²) in [4.78, 5) is 11.3. The zero-order valence-electron chi connectivity index (χ0n) is 8.96. The molecule has 0 radical (unpaired) electrons. The number of benzene rings is 1. The van der Waals surface area contributed by atoms with Gasteiger partial charge in [-0.15, -0.1) is 0 Å². The molecule has 0 N–H and O–H groups in total. The summed E-state index contributed by atoms with van der Waals surface area (Å²) >= 11 is 0. The number of ether oxygens (including phenoxy) is 2. The first-order chi connectivity index (χ1) is 7.10. The number of rotatable bonds is 3. The SMILES string of the molecule is CCOC(=O)c1cc(C)c(OC)cc1F. The summed E-state index contributed by atoms with van der Waals surface area (Å²) in [5.74, 6) is -0.864. The first-order valence-electron chi connectivity index (χ1n) is 4.61. The largest absolute Gasteiger partial charge is 0.496 e. The van der Waals surface area contributed by atoms with Crippen LogP contribution in [-0.2, 0) is 4.74 Å². The van der Waals surface area contributed by atoms with Gasteiger partial charge in [0.25, 0.3) is 0 Å². The molecule has 0 aliphatic carbocycles. The van der Waals surface area contributed by atoms with Crippen molar-refractivity contribution in [1.29, 1.82) is 0 Å². The zero-order valence-corrected chi connectivity index (χ0v) is 8.96. The van der Waals surface area contributed by atoms with Gasteiger partial charge >= 0.3 is 5.97 Å². The standard InChI is InChI=1S/C11H13FO3/c1-4-15-11(13)8-5-7(2)10(14-3)6-9(8)12/h5-6H,4H2,1-3H3. The Bertz CT molecular complexity index is 374. The molecule has 0 atom stereocenters. The Morgan fingerprint density at radius 3 is 2.67 bits per heavy atom. The molecule has 0 unspecified atom stereocenters. The smallest absolute Gasteiger partial charge is 0.341 e. The van der Waals surface area contributed by atoms with Gasteiger partial charge in [0.15, 0.2) is 0 Å². The summed E-state index contributed by atoms with van der Waals surface area (Å²) in [6, 6.07) is 2.60. The molecule has 3 nitrogen and oxygen atoms in total. The van der Waals surface area contributed by atoms with Crippen molar-refractivity contribution in [2.45, 2.75) is 13.8 Å². The van der Waals surface area contributed by atoms with Crippen LogP contribution >= 0.6 is 0 Å². The van der Waals surface area contributed by atoms with Gasteiger partial charge in [-0.05, 0) is 25.5 Å². The lowest BCUT2D eigenvalue weighted by atomic mass is 10.1. The van der Waals surface area contributed by atoms with Crippen LogP contribution in [0.25, 0.3) is 0 Å². The first kappa shape index (κ1) is 11.5. The molecule has 0 amide bonds. The molecule has 0 saturated carbocycles. The summed E-state index contributed by atoms with van der Waals surface area (Å²) in [5.41, 5.74) is 0.636. The Hall–Kier alpha value is -1.58. The van der Waals surface area contributed by atoms with E-state index in [9.17, 15) is 9.18 Å². The third kappa shape index (κ3) is 2.46. The van der Waals surface area contributed by atoms with Gasteiger partial charge < -0.3 is 9.47 Å². The molecule has 82 valence electrons. The normalized spacial score (nSPS) is 9.87. The first-order valence-corrected chi connectivity index (χ1v) is 4.61. The number of aryl methyl sites for hydroxylation is 1. The topological polar surface area (TPSA) is 35.5 Å². The third-order valence-corrected chi connectivity index (χ3v) is 1.98. The number of halogens is 1. The Morgan fingerprint density at radius 1 is 1.47 bits per heavy atom. The highest BCUT2D eigenvalue weighted by atomic mass is 19.1. The monoisotopic (exact) mass is 212 g/mol. The molecule has 0 fully saturated rings. The summed E-state index contributed by atoms with van der Waals surface area (Å²) in [7, 11) is 1.45. The fraction of sp³-hybridized carbons (Fsp3) is 0.364. The van der Waals surface area contributed by atoms with Gasteiger partial charge in [0.05, 0.1) is 19.3 Å². The molecule has 0 aromatic heterocycles. The highest BCUT2D eigenvalue weighted by Crippen LogP contribution is 2.22. The average molecular weight is 212 g/mol. The van der Waals surface area contributed by atoms with E-state index in [4.69, 9.17) is 9.47 Å². The van der Waals surface area contributed by atoms with Crippen molar-refractivity contribution in [3.8, 4) is 5.75 Å². The molecule has 0 aliphatic heterocycles. The van der Waals surface area contributed by atoms with Gasteiger partial charge in [-0.25, -0.2) is 9.18 Å². The van der Waals surface area contributed by atoms with Crippen molar-refractivity contribution in [2.75, 3.05) is 13.7 Å². The van der Waals surface area contributed by atoms with Crippen LogP contribution in [0.1, 0.15) is 22.8 Å². The van der Waals surface area contributed by atoms with E-state index in [1.807, 2.05) is 0 Å². The molecule has 1 rings (SSSR count). The molecule has 1 aromatic carbocycles. The Morgan fingerprint density at radius 2 is 2.13 bits per heavy atom. The van der Waals surface area contributed by atoms with Gasteiger partial charge in [-0.1, -0.05) is 0 Å². The number of hydrogen-bond donors (Lipinski definition) is 0.